The minimum absolute atomic E-state index is 0.259. The molecule has 0 aromatic heterocycles. The Morgan fingerprint density at radius 1 is 1.33 bits per heavy atom. The van der Waals surface area contributed by atoms with Crippen molar-refractivity contribution >= 4 is 17.7 Å². The molecule has 2 aliphatic rings. The summed E-state index contributed by atoms with van der Waals surface area (Å²) in [5, 5.41) is 3.52. The molecule has 4 atom stereocenters. The lowest BCUT2D eigenvalue weighted by atomic mass is 9.80. The average molecular weight is 354 g/mol. The molecule has 0 bridgehead atoms. The highest BCUT2D eigenvalue weighted by Gasteiger charge is 2.35. The fourth-order valence-corrected chi connectivity index (χ4v) is 4.57. The fraction of sp³-hybridized carbons (Fsp3) is 0.737. The van der Waals surface area contributed by atoms with E-state index in [0.29, 0.717) is 17.1 Å². The number of nitrogens with zero attached hydrogens (tertiary/aromatic N) is 2. The van der Waals surface area contributed by atoms with Gasteiger partial charge in [-0.25, -0.2) is 4.31 Å². The summed E-state index contributed by atoms with van der Waals surface area (Å²) in [6.07, 6.45) is 7.35. The number of ether oxygens (including phenoxy) is 1. The van der Waals surface area contributed by atoms with Gasteiger partial charge in [0.1, 0.15) is 0 Å². The van der Waals surface area contributed by atoms with Crippen molar-refractivity contribution in [3.05, 3.63) is 24.0 Å². The highest BCUT2D eigenvalue weighted by atomic mass is 32.2. The molecule has 0 radical (unpaired) electrons. The van der Waals surface area contributed by atoms with E-state index in [9.17, 15) is 0 Å². The molecule has 0 amide bonds. The van der Waals surface area contributed by atoms with Gasteiger partial charge in [-0.1, -0.05) is 51.3 Å². The molecule has 1 aliphatic heterocycles. The summed E-state index contributed by atoms with van der Waals surface area (Å²) in [5.41, 5.74) is 2.72. The van der Waals surface area contributed by atoms with Crippen LogP contribution in [-0.4, -0.2) is 48.6 Å². The zero-order chi connectivity index (χ0) is 18.1. The Labute approximate surface area is 153 Å². The van der Waals surface area contributed by atoms with Crippen LogP contribution in [0.3, 0.4) is 0 Å². The van der Waals surface area contributed by atoms with Crippen LogP contribution in [0.4, 0.5) is 0 Å². The zero-order valence-corrected chi connectivity index (χ0v) is 17.2. The van der Waals surface area contributed by atoms with E-state index in [0.717, 1.165) is 19.5 Å². The molecule has 4 nitrogen and oxygen atoms in total. The SMILES string of the molecule is CC.CN/C=C\N=C1CCN(SC2C(C)=CC(OC)C(C)C2C)C1. The van der Waals surface area contributed by atoms with Gasteiger partial charge < -0.3 is 10.1 Å². The first-order valence-electron chi connectivity index (χ1n) is 9.07. The number of rotatable bonds is 5. The molecule has 1 aliphatic carbocycles. The molecule has 1 fully saturated rings. The number of aliphatic imine (C=N–C) groups is 1. The van der Waals surface area contributed by atoms with Crippen LogP contribution >= 0.6 is 11.9 Å². The van der Waals surface area contributed by atoms with Crippen LogP contribution < -0.4 is 5.32 Å². The van der Waals surface area contributed by atoms with Crippen molar-refractivity contribution in [1.82, 2.24) is 9.62 Å². The maximum atomic E-state index is 5.60. The summed E-state index contributed by atoms with van der Waals surface area (Å²) in [7, 11) is 3.70. The summed E-state index contributed by atoms with van der Waals surface area (Å²) < 4.78 is 8.07. The van der Waals surface area contributed by atoms with Gasteiger partial charge in [-0.3, -0.25) is 4.99 Å². The second kappa shape index (κ2) is 11.0. The molecule has 1 saturated heterocycles. The first kappa shape index (κ1) is 21.3. The highest BCUT2D eigenvalue weighted by molar-refractivity contribution is 7.97. The van der Waals surface area contributed by atoms with Gasteiger partial charge >= 0.3 is 0 Å². The van der Waals surface area contributed by atoms with E-state index in [1.807, 2.05) is 52.4 Å². The Morgan fingerprint density at radius 2 is 2.04 bits per heavy atom. The maximum Gasteiger partial charge on any atom is 0.0783 e. The quantitative estimate of drug-likeness (QED) is 0.596. The van der Waals surface area contributed by atoms with E-state index in [1.54, 1.807) is 0 Å². The normalized spacial score (nSPS) is 32.6. The molecule has 4 unspecified atom stereocenters. The topological polar surface area (TPSA) is 36.9 Å². The lowest BCUT2D eigenvalue weighted by Gasteiger charge is -2.38. The molecule has 1 heterocycles. The molecular weight excluding hydrogens is 318 g/mol. The largest absolute Gasteiger partial charge is 0.393 e. The zero-order valence-electron chi connectivity index (χ0n) is 16.4. The molecule has 0 aromatic carbocycles. The molecule has 2 rings (SSSR count). The van der Waals surface area contributed by atoms with E-state index in [-0.39, 0.29) is 6.10 Å². The van der Waals surface area contributed by atoms with Crippen molar-refractivity contribution in [1.29, 1.82) is 0 Å². The Morgan fingerprint density at radius 3 is 2.67 bits per heavy atom. The monoisotopic (exact) mass is 353 g/mol. The number of hydrogen-bond acceptors (Lipinski definition) is 5. The molecule has 0 spiro atoms. The third-order valence-electron chi connectivity index (χ3n) is 4.74. The van der Waals surface area contributed by atoms with Crippen LogP contribution in [0.15, 0.2) is 29.0 Å². The lowest BCUT2D eigenvalue weighted by molar-refractivity contribution is 0.0670. The second-order valence-corrected chi connectivity index (χ2v) is 7.50. The second-order valence-electron chi connectivity index (χ2n) is 6.27. The van der Waals surface area contributed by atoms with Crippen LogP contribution in [-0.2, 0) is 4.74 Å². The van der Waals surface area contributed by atoms with Crippen LogP contribution in [0.25, 0.3) is 0 Å². The first-order chi connectivity index (χ1) is 11.6. The van der Waals surface area contributed by atoms with Crippen molar-refractivity contribution in [3.8, 4) is 0 Å². The van der Waals surface area contributed by atoms with Gasteiger partial charge in [0.15, 0.2) is 0 Å². The van der Waals surface area contributed by atoms with Gasteiger partial charge in [0.05, 0.1) is 6.10 Å². The van der Waals surface area contributed by atoms with Gasteiger partial charge in [0.25, 0.3) is 0 Å². The van der Waals surface area contributed by atoms with Crippen molar-refractivity contribution in [2.45, 2.75) is 52.4 Å². The third kappa shape index (κ3) is 5.64. The predicted octanol–water partition coefficient (Wildman–Crippen LogP) is 4.11. The third-order valence-corrected chi connectivity index (χ3v) is 6.38. The van der Waals surface area contributed by atoms with Gasteiger partial charge in [-0.15, -0.1) is 0 Å². The summed E-state index contributed by atoms with van der Waals surface area (Å²) in [4.78, 5) is 4.52. The number of hydrogen-bond donors (Lipinski definition) is 1. The predicted molar refractivity (Wildman–Crippen MR) is 107 cm³/mol. The van der Waals surface area contributed by atoms with E-state index in [4.69, 9.17) is 4.74 Å². The number of nitrogens with one attached hydrogen (secondary N) is 1. The average Bonchev–Trinajstić information content (AvgIpc) is 3.04. The molecule has 1 N–H and O–H groups in total. The van der Waals surface area contributed by atoms with Gasteiger partial charge in [0.2, 0.25) is 0 Å². The van der Waals surface area contributed by atoms with Gasteiger partial charge in [-0.2, -0.15) is 0 Å². The lowest BCUT2D eigenvalue weighted by Crippen LogP contribution is -2.37. The molecule has 5 heteroatoms. The van der Waals surface area contributed by atoms with Crippen LogP contribution in [0.5, 0.6) is 0 Å². The van der Waals surface area contributed by atoms with Crippen molar-refractivity contribution in [2.75, 3.05) is 27.2 Å². The Kier molecular flexibility index (Phi) is 9.71. The summed E-state index contributed by atoms with van der Waals surface area (Å²) >= 11 is 1.99. The smallest absolute Gasteiger partial charge is 0.0783 e. The van der Waals surface area contributed by atoms with Crippen molar-refractivity contribution < 1.29 is 4.74 Å². The summed E-state index contributed by atoms with van der Waals surface area (Å²) in [6.45, 7) is 13.0. The minimum Gasteiger partial charge on any atom is -0.393 e. The Balaban J connectivity index is 0.00000139. The molecule has 0 saturated carbocycles. The van der Waals surface area contributed by atoms with Crippen LogP contribution in [0.1, 0.15) is 41.0 Å². The van der Waals surface area contributed by atoms with Gasteiger partial charge in [0, 0.05) is 57.0 Å². The van der Waals surface area contributed by atoms with E-state index in [2.05, 4.69) is 41.5 Å². The van der Waals surface area contributed by atoms with E-state index >= 15 is 0 Å². The highest BCUT2D eigenvalue weighted by Crippen LogP contribution is 2.40. The van der Waals surface area contributed by atoms with E-state index < -0.39 is 0 Å². The van der Waals surface area contributed by atoms with Crippen molar-refractivity contribution in [3.63, 3.8) is 0 Å². The fourth-order valence-electron chi connectivity index (χ4n) is 3.15. The van der Waals surface area contributed by atoms with Crippen LogP contribution in [0.2, 0.25) is 0 Å². The Hall–Kier alpha value is -0.780. The number of methoxy groups -OCH3 is 1. The van der Waals surface area contributed by atoms with Crippen LogP contribution in [0, 0.1) is 11.8 Å². The van der Waals surface area contributed by atoms with Crippen molar-refractivity contribution in [2.24, 2.45) is 16.8 Å². The summed E-state index contributed by atoms with van der Waals surface area (Å²) in [6, 6.07) is 0. The minimum atomic E-state index is 0.259. The molecule has 24 heavy (non-hydrogen) atoms. The maximum absolute atomic E-state index is 5.60. The Bertz CT molecular complexity index is 462. The van der Waals surface area contributed by atoms with E-state index in [1.165, 1.54) is 11.3 Å². The van der Waals surface area contributed by atoms with Gasteiger partial charge in [-0.05, 0) is 18.8 Å². The molecular formula is C19H35N3OS. The first-order valence-corrected chi connectivity index (χ1v) is 9.91. The standard InChI is InChI=1S/C17H29N3OS.C2H6/c1-12-10-16(21-5)13(2)14(3)17(12)22-20-9-6-15(11-20)19-8-7-18-4;1-2/h7-8,10,13-14,16-18H,6,9,11H2,1-5H3;1-2H3/b8-7-,19-15?;. The molecule has 0 aromatic rings. The molecule has 138 valence electrons. The summed E-state index contributed by atoms with van der Waals surface area (Å²) in [5.74, 6) is 1.17.